The molecule has 37 heavy (non-hydrogen) atoms. The fourth-order valence-corrected chi connectivity index (χ4v) is 5.08. The number of ether oxygens (including phenoxy) is 1. The number of carbonyl (C=O) groups excluding carboxylic acids is 3. The number of hydrogen-bond acceptors (Lipinski definition) is 6. The van der Waals surface area contributed by atoms with E-state index in [1.54, 1.807) is 6.20 Å². The van der Waals surface area contributed by atoms with Gasteiger partial charge in [0.05, 0.1) is 25.3 Å². The summed E-state index contributed by atoms with van der Waals surface area (Å²) in [6.45, 7) is 0.682. The zero-order valence-corrected chi connectivity index (χ0v) is 21.4. The van der Waals surface area contributed by atoms with Gasteiger partial charge < -0.3 is 21.1 Å². The van der Waals surface area contributed by atoms with E-state index in [0.29, 0.717) is 37.4 Å². The summed E-state index contributed by atoms with van der Waals surface area (Å²) in [5.41, 5.74) is 9.66. The van der Waals surface area contributed by atoms with Gasteiger partial charge in [-0.15, -0.1) is 0 Å². The molecule has 4 N–H and O–H groups in total. The van der Waals surface area contributed by atoms with Crippen molar-refractivity contribution in [2.75, 3.05) is 19.0 Å². The van der Waals surface area contributed by atoms with E-state index in [-0.39, 0.29) is 36.2 Å². The average Bonchev–Trinajstić information content (AvgIpc) is 2.92. The molecule has 1 atom stereocenters. The van der Waals surface area contributed by atoms with Crippen molar-refractivity contribution in [3.05, 3.63) is 59.9 Å². The van der Waals surface area contributed by atoms with Crippen LogP contribution >= 0.6 is 0 Å². The minimum atomic E-state index is -0.345. The third-order valence-corrected chi connectivity index (χ3v) is 7.33. The zero-order chi connectivity index (χ0) is 26.2. The summed E-state index contributed by atoms with van der Waals surface area (Å²) in [5, 5.41) is 6.26. The van der Waals surface area contributed by atoms with Crippen LogP contribution in [0.2, 0.25) is 0 Å². The first-order valence-electron chi connectivity index (χ1n) is 13.1. The van der Waals surface area contributed by atoms with Crippen LogP contribution in [-0.2, 0) is 25.5 Å². The Kier molecular flexibility index (Phi) is 9.06. The Labute approximate surface area is 218 Å². The molecule has 1 fully saturated rings. The molecule has 8 nitrogen and oxygen atoms in total. The number of allylic oxidation sites excluding steroid dienone is 1. The zero-order valence-electron chi connectivity index (χ0n) is 21.4. The molecule has 0 spiro atoms. The summed E-state index contributed by atoms with van der Waals surface area (Å²) in [6.07, 6.45) is 11.0. The number of rotatable bonds is 5. The molecule has 1 saturated carbocycles. The SMILES string of the molecule is COC(=O)Cc1ccc2c(c1)NC(=O)CC/C=C/C[C@H](NC(=O)C1CCC(CN)CC1)c1cc-2ccn1. The number of nitrogens with two attached hydrogens (primary N) is 1. The van der Waals surface area contributed by atoms with Crippen molar-refractivity contribution >= 4 is 23.5 Å². The number of pyridine rings is 1. The normalized spacial score (nSPS) is 22.8. The van der Waals surface area contributed by atoms with Crippen LogP contribution in [0, 0.1) is 11.8 Å². The second-order valence-electron chi connectivity index (χ2n) is 9.91. The number of carbonyl (C=O) groups is 3. The summed E-state index contributed by atoms with van der Waals surface area (Å²) in [4.78, 5) is 42.3. The Morgan fingerprint density at radius 3 is 2.70 bits per heavy atom. The summed E-state index contributed by atoms with van der Waals surface area (Å²) in [7, 11) is 1.35. The fourth-order valence-electron chi connectivity index (χ4n) is 5.08. The minimum Gasteiger partial charge on any atom is -0.469 e. The predicted octanol–water partition coefficient (Wildman–Crippen LogP) is 4.07. The maximum absolute atomic E-state index is 13.2. The van der Waals surface area contributed by atoms with Crippen molar-refractivity contribution in [3.8, 4) is 11.1 Å². The van der Waals surface area contributed by atoms with Crippen LogP contribution < -0.4 is 16.4 Å². The van der Waals surface area contributed by atoms with Gasteiger partial charge in [0.2, 0.25) is 11.8 Å². The molecular weight excluding hydrogens is 468 g/mol. The van der Waals surface area contributed by atoms with Crippen LogP contribution in [0.4, 0.5) is 5.69 Å². The lowest BCUT2D eigenvalue weighted by Gasteiger charge is -2.28. The molecule has 0 unspecified atom stereocenters. The Hall–Kier alpha value is -3.52. The number of nitrogens with one attached hydrogen (secondary N) is 2. The first kappa shape index (κ1) is 26.5. The van der Waals surface area contributed by atoms with E-state index in [2.05, 4.69) is 15.6 Å². The van der Waals surface area contributed by atoms with Crippen LogP contribution in [0.5, 0.6) is 0 Å². The van der Waals surface area contributed by atoms with Gasteiger partial charge in [0.1, 0.15) is 0 Å². The van der Waals surface area contributed by atoms with Crippen molar-refractivity contribution in [3.63, 3.8) is 0 Å². The molecule has 2 heterocycles. The van der Waals surface area contributed by atoms with E-state index in [0.717, 1.165) is 48.1 Å². The third kappa shape index (κ3) is 7.04. The van der Waals surface area contributed by atoms with Crippen molar-refractivity contribution in [2.45, 2.75) is 57.4 Å². The lowest BCUT2D eigenvalue weighted by Crippen LogP contribution is -2.36. The van der Waals surface area contributed by atoms with E-state index < -0.39 is 0 Å². The molecule has 1 aromatic heterocycles. The standard InChI is InChI=1S/C29H36N4O4/c1-37-28(35)16-20-9-12-23-22-13-14-31-26(17-22)24(5-3-2-4-6-27(34)32-25(23)15-20)33-29(36)21-10-7-19(18-30)8-11-21/h2-3,9,12-15,17,19,21,24H,4-8,10-11,16,18,30H2,1H3,(H,32,34)(H,33,36)/b3-2+/t19?,21?,24-/m0/s1. The second kappa shape index (κ2) is 12.6. The number of fused-ring (bicyclic) bond motifs is 4. The van der Waals surface area contributed by atoms with Crippen molar-refractivity contribution < 1.29 is 19.1 Å². The van der Waals surface area contributed by atoms with Gasteiger partial charge in [0.15, 0.2) is 0 Å². The average molecular weight is 505 g/mol. The summed E-state index contributed by atoms with van der Waals surface area (Å²) >= 11 is 0. The molecule has 196 valence electrons. The maximum atomic E-state index is 13.2. The summed E-state index contributed by atoms with van der Waals surface area (Å²) < 4.78 is 4.80. The maximum Gasteiger partial charge on any atom is 0.309 e. The van der Waals surface area contributed by atoms with Gasteiger partial charge in [0.25, 0.3) is 0 Å². The molecule has 1 aliphatic carbocycles. The number of esters is 1. The van der Waals surface area contributed by atoms with Crippen LogP contribution in [-0.4, -0.2) is 36.4 Å². The van der Waals surface area contributed by atoms with Crippen LogP contribution in [0.3, 0.4) is 0 Å². The number of benzene rings is 1. The van der Waals surface area contributed by atoms with Crippen LogP contribution in [0.1, 0.15) is 62.2 Å². The van der Waals surface area contributed by atoms with Gasteiger partial charge in [-0.05, 0) is 80.3 Å². The van der Waals surface area contributed by atoms with E-state index in [4.69, 9.17) is 10.5 Å². The topological polar surface area (TPSA) is 123 Å². The van der Waals surface area contributed by atoms with Gasteiger partial charge in [0, 0.05) is 29.8 Å². The number of aromatic nitrogens is 1. The highest BCUT2D eigenvalue weighted by molar-refractivity contribution is 5.96. The van der Waals surface area contributed by atoms with E-state index >= 15 is 0 Å². The molecule has 2 bridgehead atoms. The smallest absolute Gasteiger partial charge is 0.309 e. The monoisotopic (exact) mass is 504 g/mol. The number of methoxy groups -OCH3 is 1. The van der Waals surface area contributed by atoms with Crippen LogP contribution in [0.25, 0.3) is 11.1 Å². The molecule has 0 saturated heterocycles. The van der Waals surface area contributed by atoms with E-state index in [9.17, 15) is 14.4 Å². The molecule has 8 heteroatoms. The Balaban J connectivity index is 1.63. The fraction of sp³-hybridized carbons (Fsp3) is 0.448. The lowest BCUT2D eigenvalue weighted by atomic mass is 9.81. The largest absolute Gasteiger partial charge is 0.469 e. The number of anilines is 1. The van der Waals surface area contributed by atoms with E-state index in [1.165, 1.54) is 7.11 Å². The van der Waals surface area contributed by atoms with Crippen molar-refractivity contribution in [1.29, 1.82) is 0 Å². The highest BCUT2D eigenvalue weighted by atomic mass is 16.5. The van der Waals surface area contributed by atoms with Gasteiger partial charge in [-0.3, -0.25) is 19.4 Å². The highest BCUT2D eigenvalue weighted by Gasteiger charge is 2.27. The summed E-state index contributed by atoms with van der Waals surface area (Å²) in [6, 6.07) is 9.15. The lowest BCUT2D eigenvalue weighted by molar-refractivity contribution is -0.139. The quantitative estimate of drug-likeness (QED) is 0.417. The number of amides is 2. The molecule has 2 aliphatic rings. The van der Waals surface area contributed by atoms with Gasteiger partial charge in [-0.1, -0.05) is 24.3 Å². The van der Waals surface area contributed by atoms with Crippen molar-refractivity contribution in [1.82, 2.24) is 10.3 Å². The molecular formula is C29H36N4O4. The first-order chi connectivity index (χ1) is 18.0. The third-order valence-electron chi connectivity index (χ3n) is 7.33. The summed E-state index contributed by atoms with van der Waals surface area (Å²) in [5.74, 6) is 0.125. The van der Waals surface area contributed by atoms with E-state index in [1.807, 2.05) is 42.5 Å². The Morgan fingerprint density at radius 1 is 1.14 bits per heavy atom. The molecule has 1 aromatic carbocycles. The van der Waals surface area contributed by atoms with Gasteiger partial charge in [-0.2, -0.15) is 0 Å². The highest BCUT2D eigenvalue weighted by Crippen LogP contribution is 2.33. The number of hydrogen-bond donors (Lipinski definition) is 3. The van der Waals surface area contributed by atoms with Crippen LogP contribution in [0.15, 0.2) is 48.7 Å². The molecule has 2 aromatic rings. The molecule has 4 rings (SSSR count). The molecule has 0 radical (unpaired) electrons. The van der Waals surface area contributed by atoms with Crippen molar-refractivity contribution in [2.24, 2.45) is 17.6 Å². The van der Waals surface area contributed by atoms with Gasteiger partial charge >= 0.3 is 5.97 Å². The Morgan fingerprint density at radius 2 is 1.95 bits per heavy atom. The second-order valence-corrected chi connectivity index (χ2v) is 9.91. The number of nitrogens with zero attached hydrogens (tertiary/aromatic N) is 1. The Bertz CT molecular complexity index is 1150. The first-order valence-corrected chi connectivity index (χ1v) is 13.1. The van der Waals surface area contributed by atoms with Gasteiger partial charge in [-0.25, -0.2) is 0 Å². The predicted molar refractivity (Wildman–Crippen MR) is 142 cm³/mol. The molecule has 1 aliphatic heterocycles. The minimum absolute atomic E-state index is 0.00433. The molecule has 2 amide bonds.